The van der Waals surface area contributed by atoms with Gasteiger partial charge in [-0.05, 0) is 18.2 Å². The van der Waals surface area contributed by atoms with Crippen molar-refractivity contribution in [3.63, 3.8) is 0 Å². The Hall–Kier alpha value is -1.74. The molecule has 0 fully saturated rings. The monoisotopic (exact) mass is 213 g/mol. The lowest BCUT2D eigenvalue weighted by atomic mass is 10.1. The van der Waals surface area contributed by atoms with E-state index < -0.39 is 0 Å². The predicted octanol–water partition coefficient (Wildman–Crippen LogP) is 3.66. The van der Waals surface area contributed by atoms with Crippen LogP contribution >= 0.6 is 12.2 Å². The third kappa shape index (κ3) is 1.32. The first-order valence-electron chi connectivity index (χ1n) is 4.62. The molecule has 0 saturated heterocycles. The molecule has 3 heteroatoms. The number of para-hydroxylation sites is 1. The van der Waals surface area contributed by atoms with Crippen molar-refractivity contribution < 1.29 is 4.42 Å². The molecule has 0 radical (unpaired) electrons. The summed E-state index contributed by atoms with van der Waals surface area (Å²) in [5.41, 5.74) is 1.73. The minimum atomic E-state index is 0.598. The molecule has 2 aliphatic heterocycles. The van der Waals surface area contributed by atoms with Crippen LogP contribution in [0, 0.1) is 4.51 Å². The Bertz CT molecular complexity index is 659. The number of aromatic nitrogens is 1. The highest BCUT2D eigenvalue weighted by Gasteiger charge is 2.08. The number of rotatable bonds is 0. The highest BCUT2D eigenvalue weighted by Crippen LogP contribution is 2.26. The summed E-state index contributed by atoms with van der Waals surface area (Å²) in [6.45, 7) is 0. The van der Waals surface area contributed by atoms with Crippen LogP contribution in [0.15, 0.2) is 47.0 Å². The molecule has 0 atom stereocenters. The molecule has 0 amide bonds. The average Bonchev–Trinajstić information content (AvgIpc) is 2.27. The van der Waals surface area contributed by atoms with Crippen molar-refractivity contribution in [2.24, 2.45) is 0 Å². The van der Waals surface area contributed by atoms with Crippen LogP contribution < -0.4 is 0 Å². The van der Waals surface area contributed by atoms with E-state index in [0.717, 1.165) is 21.0 Å². The zero-order chi connectivity index (χ0) is 10.3. The van der Waals surface area contributed by atoms with E-state index in [-0.39, 0.29) is 0 Å². The Morgan fingerprint density at radius 1 is 1.13 bits per heavy atom. The molecular formula is C12H7NOS. The van der Waals surface area contributed by atoms with Crippen LogP contribution in [0.1, 0.15) is 0 Å². The summed E-state index contributed by atoms with van der Waals surface area (Å²) < 4.78 is 6.42. The summed E-state index contributed by atoms with van der Waals surface area (Å²) in [6.07, 6.45) is 1.67. The first-order valence-corrected chi connectivity index (χ1v) is 5.03. The molecule has 1 aromatic carbocycles. The molecule has 0 bridgehead atoms. The lowest BCUT2D eigenvalue weighted by molar-refractivity contribution is 0.599. The van der Waals surface area contributed by atoms with Gasteiger partial charge in [-0.15, -0.1) is 0 Å². The standard InChI is InChI=1S/C12H7NOS/c15-11-5-6-13-12-9(11)7-8-3-1-2-4-10(8)14-12/h1-7H. The van der Waals surface area contributed by atoms with Crippen LogP contribution in [-0.4, -0.2) is 4.98 Å². The summed E-state index contributed by atoms with van der Waals surface area (Å²) >= 11 is 5.22. The fraction of sp³-hybridized carbons (Fsp3) is 0. The van der Waals surface area contributed by atoms with E-state index in [0.29, 0.717) is 5.89 Å². The maximum absolute atomic E-state index is 5.65. The van der Waals surface area contributed by atoms with E-state index in [1.54, 1.807) is 6.20 Å². The largest absolute Gasteiger partial charge is 0.438 e. The Morgan fingerprint density at radius 2 is 2.00 bits per heavy atom. The van der Waals surface area contributed by atoms with Crippen molar-refractivity contribution in [2.45, 2.75) is 0 Å². The normalized spacial score (nSPS) is 10.9. The molecule has 0 spiro atoms. The second kappa shape index (κ2) is 3.14. The van der Waals surface area contributed by atoms with Gasteiger partial charge in [0.2, 0.25) is 5.89 Å². The van der Waals surface area contributed by atoms with Crippen LogP contribution in [0.2, 0.25) is 0 Å². The first kappa shape index (κ1) is 8.56. The highest BCUT2D eigenvalue weighted by atomic mass is 32.1. The predicted molar refractivity (Wildman–Crippen MR) is 61.5 cm³/mol. The van der Waals surface area contributed by atoms with Gasteiger partial charge in [-0.2, -0.15) is 0 Å². The summed E-state index contributed by atoms with van der Waals surface area (Å²) in [6, 6.07) is 11.7. The molecule has 15 heavy (non-hydrogen) atoms. The molecule has 0 unspecified atom stereocenters. The van der Waals surface area contributed by atoms with Gasteiger partial charge in [0.1, 0.15) is 5.58 Å². The second-order valence-electron chi connectivity index (χ2n) is 3.31. The van der Waals surface area contributed by atoms with Crippen molar-refractivity contribution >= 4 is 23.2 Å². The van der Waals surface area contributed by atoms with E-state index in [1.807, 2.05) is 36.4 Å². The van der Waals surface area contributed by atoms with Crippen LogP contribution in [0.4, 0.5) is 0 Å². The smallest absolute Gasteiger partial charge is 0.227 e. The second-order valence-corrected chi connectivity index (χ2v) is 3.75. The van der Waals surface area contributed by atoms with E-state index in [4.69, 9.17) is 16.6 Å². The summed E-state index contributed by atoms with van der Waals surface area (Å²) in [4.78, 5) is 4.16. The maximum atomic E-state index is 5.65. The maximum Gasteiger partial charge on any atom is 0.227 e. The van der Waals surface area contributed by atoms with Gasteiger partial charge < -0.3 is 4.42 Å². The van der Waals surface area contributed by atoms with Gasteiger partial charge in [0.25, 0.3) is 0 Å². The minimum Gasteiger partial charge on any atom is -0.438 e. The molecular weight excluding hydrogens is 206 g/mol. The van der Waals surface area contributed by atoms with Gasteiger partial charge in [-0.3, -0.25) is 0 Å². The topological polar surface area (TPSA) is 26.0 Å². The Labute approximate surface area is 91.5 Å². The van der Waals surface area contributed by atoms with Crippen LogP contribution in [0.3, 0.4) is 0 Å². The van der Waals surface area contributed by atoms with Gasteiger partial charge in [0.05, 0.1) is 10.1 Å². The van der Waals surface area contributed by atoms with Gasteiger partial charge >= 0.3 is 0 Å². The molecule has 0 aromatic heterocycles. The fourth-order valence-corrected chi connectivity index (χ4v) is 1.81. The molecule has 3 rings (SSSR count). The fourth-order valence-electron chi connectivity index (χ4n) is 1.60. The zero-order valence-electron chi connectivity index (χ0n) is 7.81. The van der Waals surface area contributed by atoms with E-state index in [1.165, 1.54) is 0 Å². The zero-order valence-corrected chi connectivity index (χ0v) is 8.62. The summed E-state index contributed by atoms with van der Waals surface area (Å²) in [7, 11) is 0. The molecule has 0 aliphatic carbocycles. The SMILES string of the molecule is S=c1ccnc2oc3ccccc3cc1-2. The molecule has 0 saturated carbocycles. The van der Waals surface area contributed by atoms with Gasteiger partial charge in [-0.1, -0.05) is 30.4 Å². The molecule has 2 aliphatic rings. The lowest BCUT2D eigenvalue weighted by Crippen LogP contribution is -1.86. The van der Waals surface area contributed by atoms with Crippen molar-refractivity contribution in [3.8, 4) is 11.5 Å². The van der Waals surface area contributed by atoms with Crippen LogP contribution in [0.5, 0.6) is 0 Å². The Morgan fingerprint density at radius 3 is 2.93 bits per heavy atom. The Kier molecular flexibility index (Phi) is 1.79. The summed E-state index contributed by atoms with van der Waals surface area (Å²) in [5.74, 6) is 0.598. The number of pyridine rings is 1. The van der Waals surface area contributed by atoms with E-state index in [9.17, 15) is 0 Å². The number of nitrogens with zero attached hydrogens (tertiary/aromatic N) is 1. The van der Waals surface area contributed by atoms with Gasteiger partial charge in [0.15, 0.2) is 0 Å². The molecule has 2 heterocycles. The van der Waals surface area contributed by atoms with Crippen molar-refractivity contribution in [3.05, 3.63) is 47.1 Å². The van der Waals surface area contributed by atoms with Crippen molar-refractivity contribution in [1.82, 2.24) is 4.98 Å². The number of benzene rings is 1. The molecule has 1 aromatic rings. The van der Waals surface area contributed by atoms with E-state index >= 15 is 0 Å². The third-order valence-electron chi connectivity index (χ3n) is 2.34. The molecule has 0 N–H and O–H groups in total. The van der Waals surface area contributed by atoms with E-state index in [2.05, 4.69) is 4.98 Å². The third-order valence-corrected chi connectivity index (χ3v) is 2.70. The Balaban J connectivity index is 2.54. The van der Waals surface area contributed by atoms with Gasteiger partial charge in [-0.25, -0.2) is 4.98 Å². The number of fused-ring (bicyclic) bond motifs is 2. The molecule has 72 valence electrons. The summed E-state index contributed by atoms with van der Waals surface area (Å²) in [5, 5.41) is 1.05. The lowest BCUT2D eigenvalue weighted by Gasteiger charge is -2.04. The minimum absolute atomic E-state index is 0.598. The average molecular weight is 213 g/mol. The van der Waals surface area contributed by atoms with Crippen molar-refractivity contribution in [1.29, 1.82) is 0 Å². The number of hydrogen-bond acceptors (Lipinski definition) is 3. The van der Waals surface area contributed by atoms with Gasteiger partial charge in [0, 0.05) is 11.6 Å². The van der Waals surface area contributed by atoms with Crippen molar-refractivity contribution in [2.75, 3.05) is 0 Å². The van der Waals surface area contributed by atoms with Crippen LogP contribution in [0.25, 0.3) is 22.4 Å². The first-order chi connectivity index (χ1) is 7.34. The quantitative estimate of drug-likeness (QED) is 0.421. The highest BCUT2D eigenvalue weighted by molar-refractivity contribution is 7.71. The molecule has 2 nitrogen and oxygen atoms in total. The van der Waals surface area contributed by atoms with Crippen LogP contribution in [-0.2, 0) is 0 Å². The number of hydrogen-bond donors (Lipinski definition) is 0.